The lowest BCUT2D eigenvalue weighted by Crippen LogP contribution is -2.66. The summed E-state index contributed by atoms with van der Waals surface area (Å²) in [5.41, 5.74) is 0.328. The molecule has 124 valence electrons. The van der Waals surface area contributed by atoms with Crippen molar-refractivity contribution in [3.8, 4) is 0 Å². The van der Waals surface area contributed by atoms with E-state index >= 15 is 0 Å². The van der Waals surface area contributed by atoms with Gasteiger partial charge in [-0.2, -0.15) is 0 Å². The molecule has 1 N–H and O–H groups in total. The molecule has 1 heterocycles. The maximum atomic E-state index is 5.71. The van der Waals surface area contributed by atoms with Crippen LogP contribution in [0.4, 0.5) is 0 Å². The van der Waals surface area contributed by atoms with Gasteiger partial charge in [0.2, 0.25) is 0 Å². The Balaban J connectivity index is 1.87. The molecule has 3 atom stereocenters. The minimum atomic E-state index is 0.328. The Hall–Kier alpha value is -0.160. The number of ether oxygens (including phenoxy) is 2. The normalized spacial score (nSPS) is 32.3. The summed E-state index contributed by atoms with van der Waals surface area (Å²) < 4.78 is 10.7. The largest absolute Gasteiger partial charge is 0.382 e. The third-order valence-electron chi connectivity index (χ3n) is 5.59. The van der Waals surface area contributed by atoms with E-state index in [9.17, 15) is 0 Å². The molecule has 1 aliphatic heterocycles. The molecule has 2 fully saturated rings. The molecule has 0 aromatic rings. The summed E-state index contributed by atoms with van der Waals surface area (Å²) in [6, 6.07) is 0.626. The molecule has 21 heavy (non-hydrogen) atoms. The molecule has 0 spiro atoms. The number of nitrogens with zero attached hydrogens (tertiary/aromatic N) is 1. The van der Waals surface area contributed by atoms with Crippen LogP contribution in [0, 0.1) is 11.8 Å². The van der Waals surface area contributed by atoms with Crippen LogP contribution >= 0.6 is 0 Å². The Morgan fingerprint density at radius 2 is 2.05 bits per heavy atom. The highest BCUT2D eigenvalue weighted by Crippen LogP contribution is 2.44. The third kappa shape index (κ3) is 4.41. The van der Waals surface area contributed by atoms with Crippen LogP contribution < -0.4 is 5.32 Å². The number of nitrogens with one attached hydrogen (secondary N) is 1. The van der Waals surface area contributed by atoms with Crippen LogP contribution in [0.3, 0.4) is 0 Å². The molecule has 2 rings (SSSR count). The van der Waals surface area contributed by atoms with Crippen LogP contribution in [0.1, 0.15) is 40.0 Å². The highest BCUT2D eigenvalue weighted by molar-refractivity contribution is 5.05. The second kappa shape index (κ2) is 7.91. The Kier molecular flexibility index (Phi) is 6.48. The van der Waals surface area contributed by atoms with Gasteiger partial charge in [0.25, 0.3) is 0 Å². The van der Waals surface area contributed by atoms with Gasteiger partial charge in [-0.3, -0.25) is 4.90 Å². The van der Waals surface area contributed by atoms with E-state index in [-0.39, 0.29) is 0 Å². The van der Waals surface area contributed by atoms with Crippen molar-refractivity contribution in [1.82, 2.24) is 10.2 Å². The smallest absolute Gasteiger partial charge is 0.0700 e. The van der Waals surface area contributed by atoms with Gasteiger partial charge in [-0.05, 0) is 31.6 Å². The van der Waals surface area contributed by atoms with Crippen molar-refractivity contribution in [2.45, 2.75) is 51.6 Å². The van der Waals surface area contributed by atoms with Gasteiger partial charge in [-0.15, -0.1) is 0 Å². The molecule has 1 saturated heterocycles. The molecule has 4 nitrogen and oxygen atoms in total. The SMILES string of the molecule is CCC(C)C1CN(CCOCCOC)C(C)(C2CC2)CN1. The van der Waals surface area contributed by atoms with Crippen molar-refractivity contribution in [3.05, 3.63) is 0 Å². The summed E-state index contributed by atoms with van der Waals surface area (Å²) >= 11 is 0. The van der Waals surface area contributed by atoms with Crippen LogP contribution in [0.25, 0.3) is 0 Å². The zero-order valence-electron chi connectivity index (χ0n) is 14.4. The summed E-state index contributed by atoms with van der Waals surface area (Å²) in [7, 11) is 1.72. The van der Waals surface area contributed by atoms with Gasteiger partial charge in [0.05, 0.1) is 19.8 Å². The molecule has 0 aromatic heterocycles. The van der Waals surface area contributed by atoms with E-state index in [2.05, 4.69) is 31.0 Å². The molecule has 0 radical (unpaired) electrons. The van der Waals surface area contributed by atoms with Crippen molar-refractivity contribution < 1.29 is 9.47 Å². The Morgan fingerprint density at radius 1 is 1.29 bits per heavy atom. The highest BCUT2D eigenvalue weighted by atomic mass is 16.5. The topological polar surface area (TPSA) is 33.7 Å². The van der Waals surface area contributed by atoms with Crippen LogP contribution in [-0.4, -0.2) is 63.0 Å². The fourth-order valence-corrected chi connectivity index (χ4v) is 3.50. The Bertz CT molecular complexity index is 309. The quantitative estimate of drug-likeness (QED) is 0.661. The third-order valence-corrected chi connectivity index (χ3v) is 5.59. The molecule has 0 bridgehead atoms. The van der Waals surface area contributed by atoms with Gasteiger partial charge in [-0.25, -0.2) is 0 Å². The fourth-order valence-electron chi connectivity index (χ4n) is 3.50. The van der Waals surface area contributed by atoms with Crippen molar-refractivity contribution in [2.24, 2.45) is 11.8 Å². The van der Waals surface area contributed by atoms with Crippen LogP contribution in [0.15, 0.2) is 0 Å². The van der Waals surface area contributed by atoms with Crippen LogP contribution in [0.5, 0.6) is 0 Å². The standard InChI is InChI=1S/C17H34N2O2/c1-5-14(2)16-12-19(8-9-21-11-10-20-4)17(3,13-18-16)15-6-7-15/h14-16,18H,5-13H2,1-4H3. The van der Waals surface area contributed by atoms with E-state index in [1.54, 1.807) is 7.11 Å². The number of hydrogen-bond acceptors (Lipinski definition) is 4. The molecule has 1 aliphatic carbocycles. The lowest BCUT2D eigenvalue weighted by Gasteiger charge is -2.50. The predicted molar refractivity (Wildman–Crippen MR) is 86.6 cm³/mol. The average molecular weight is 298 g/mol. The van der Waals surface area contributed by atoms with E-state index in [4.69, 9.17) is 9.47 Å². The molecule has 0 amide bonds. The first-order chi connectivity index (χ1) is 10.1. The van der Waals surface area contributed by atoms with Gasteiger partial charge < -0.3 is 14.8 Å². The summed E-state index contributed by atoms with van der Waals surface area (Å²) in [5, 5.41) is 3.82. The summed E-state index contributed by atoms with van der Waals surface area (Å²) in [4.78, 5) is 2.70. The first-order valence-corrected chi connectivity index (χ1v) is 8.67. The lowest BCUT2D eigenvalue weighted by molar-refractivity contribution is -0.00786. The minimum Gasteiger partial charge on any atom is -0.382 e. The van der Waals surface area contributed by atoms with Crippen LogP contribution in [-0.2, 0) is 9.47 Å². The van der Waals surface area contributed by atoms with Crippen molar-refractivity contribution in [3.63, 3.8) is 0 Å². The van der Waals surface area contributed by atoms with Gasteiger partial charge in [0.1, 0.15) is 0 Å². The van der Waals surface area contributed by atoms with Crippen LogP contribution in [0.2, 0.25) is 0 Å². The molecular formula is C17H34N2O2. The van der Waals surface area contributed by atoms with Gasteiger partial charge in [0.15, 0.2) is 0 Å². The molecule has 4 heteroatoms. The second-order valence-electron chi connectivity index (χ2n) is 7.06. The predicted octanol–water partition coefficient (Wildman–Crippen LogP) is 2.14. The zero-order chi connectivity index (χ0) is 15.3. The summed E-state index contributed by atoms with van der Waals surface area (Å²) in [5.74, 6) is 1.62. The first-order valence-electron chi connectivity index (χ1n) is 8.67. The van der Waals surface area contributed by atoms with E-state index in [1.165, 1.54) is 19.3 Å². The molecule has 3 unspecified atom stereocenters. The zero-order valence-corrected chi connectivity index (χ0v) is 14.4. The maximum Gasteiger partial charge on any atom is 0.0700 e. The number of piperazine rings is 1. The minimum absolute atomic E-state index is 0.328. The molecule has 1 saturated carbocycles. The molecular weight excluding hydrogens is 264 g/mol. The maximum absolute atomic E-state index is 5.71. The fraction of sp³-hybridized carbons (Fsp3) is 1.00. The van der Waals surface area contributed by atoms with Gasteiger partial charge in [-0.1, -0.05) is 20.3 Å². The Labute approximate surface area is 130 Å². The van der Waals surface area contributed by atoms with E-state index < -0.39 is 0 Å². The van der Waals surface area contributed by atoms with E-state index in [0.29, 0.717) is 24.8 Å². The van der Waals surface area contributed by atoms with Gasteiger partial charge >= 0.3 is 0 Å². The van der Waals surface area contributed by atoms with Crippen molar-refractivity contribution in [2.75, 3.05) is 46.6 Å². The first kappa shape index (κ1) is 17.2. The second-order valence-corrected chi connectivity index (χ2v) is 7.06. The van der Waals surface area contributed by atoms with Crippen molar-refractivity contribution >= 4 is 0 Å². The molecule has 0 aromatic carbocycles. The van der Waals surface area contributed by atoms with Gasteiger partial charge in [0, 0.05) is 38.3 Å². The number of methoxy groups -OCH3 is 1. The number of rotatable bonds is 9. The monoisotopic (exact) mass is 298 g/mol. The number of hydrogen-bond donors (Lipinski definition) is 1. The average Bonchev–Trinajstić information content (AvgIpc) is 3.33. The Morgan fingerprint density at radius 3 is 2.67 bits per heavy atom. The highest BCUT2D eigenvalue weighted by Gasteiger charge is 2.48. The lowest BCUT2D eigenvalue weighted by atomic mass is 9.86. The summed E-state index contributed by atoms with van der Waals surface area (Å²) in [6.45, 7) is 12.7. The van der Waals surface area contributed by atoms with E-state index in [0.717, 1.165) is 38.1 Å². The van der Waals surface area contributed by atoms with Crippen molar-refractivity contribution in [1.29, 1.82) is 0 Å². The molecule has 2 aliphatic rings. The van der Waals surface area contributed by atoms with E-state index in [1.807, 2.05) is 0 Å². The summed E-state index contributed by atoms with van der Waals surface area (Å²) in [6.07, 6.45) is 4.04.